The Hall–Kier alpha value is -0.580. The van der Waals surface area contributed by atoms with Crippen molar-refractivity contribution in [2.45, 2.75) is 13.0 Å². The number of hydrogen-bond acceptors (Lipinski definition) is 3. The van der Waals surface area contributed by atoms with Crippen molar-refractivity contribution in [2.75, 3.05) is 24.6 Å². The zero-order valence-corrected chi connectivity index (χ0v) is 10.8. The van der Waals surface area contributed by atoms with Gasteiger partial charge in [-0.2, -0.15) is 0 Å². The van der Waals surface area contributed by atoms with Gasteiger partial charge in [0.15, 0.2) is 0 Å². The summed E-state index contributed by atoms with van der Waals surface area (Å²) < 4.78 is 1.07. The number of nitrogens with zero attached hydrogens (tertiary/aromatic N) is 1. The summed E-state index contributed by atoms with van der Waals surface area (Å²) in [7, 11) is 0. The third-order valence-electron chi connectivity index (χ3n) is 3.17. The van der Waals surface area contributed by atoms with E-state index in [4.69, 9.17) is 10.8 Å². The van der Waals surface area contributed by atoms with Gasteiger partial charge in [-0.3, -0.25) is 0 Å². The highest BCUT2D eigenvalue weighted by molar-refractivity contribution is 9.10. The van der Waals surface area contributed by atoms with Gasteiger partial charge in [-0.15, -0.1) is 0 Å². The minimum Gasteiger partial charge on any atom is -0.396 e. The van der Waals surface area contributed by atoms with Gasteiger partial charge in [0.2, 0.25) is 0 Å². The number of anilines is 1. The molecule has 16 heavy (non-hydrogen) atoms. The number of hydrogen-bond donors (Lipinski definition) is 2. The molecule has 4 heteroatoms. The zero-order chi connectivity index (χ0) is 11.5. The van der Waals surface area contributed by atoms with E-state index < -0.39 is 0 Å². The van der Waals surface area contributed by atoms with Crippen molar-refractivity contribution in [1.29, 1.82) is 0 Å². The molecule has 1 aromatic carbocycles. The second-order valence-corrected chi connectivity index (χ2v) is 5.12. The fourth-order valence-electron chi connectivity index (χ4n) is 2.11. The summed E-state index contributed by atoms with van der Waals surface area (Å²) in [5.74, 6) is 0.424. The molecule has 0 aromatic heterocycles. The minimum atomic E-state index is 0.290. The van der Waals surface area contributed by atoms with E-state index in [9.17, 15) is 0 Å². The Bertz CT molecular complexity index is 370. The SMILES string of the molecule is NCc1ccc(N2CCC(CO)C2)cc1Br. The molecule has 1 unspecified atom stereocenters. The van der Waals surface area contributed by atoms with E-state index in [-0.39, 0.29) is 0 Å². The second kappa shape index (κ2) is 5.17. The predicted molar refractivity (Wildman–Crippen MR) is 69.4 cm³/mol. The van der Waals surface area contributed by atoms with Crippen LogP contribution in [-0.4, -0.2) is 24.8 Å². The maximum Gasteiger partial charge on any atom is 0.0476 e. The van der Waals surface area contributed by atoms with Crippen LogP contribution >= 0.6 is 15.9 Å². The van der Waals surface area contributed by atoms with Crippen LogP contribution in [0, 0.1) is 5.92 Å². The maximum atomic E-state index is 9.12. The summed E-state index contributed by atoms with van der Waals surface area (Å²) in [6, 6.07) is 6.28. The number of rotatable bonds is 3. The van der Waals surface area contributed by atoms with Crippen LogP contribution in [0.25, 0.3) is 0 Å². The summed E-state index contributed by atoms with van der Waals surface area (Å²) in [6.07, 6.45) is 1.08. The molecule has 0 spiro atoms. The highest BCUT2D eigenvalue weighted by Crippen LogP contribution is 2.28. The lowest BCUT2D eigenvalue weighted by atomic mass is 10.1. The molecular weight excluding hydrogens is 268 g/mol. The average Bonchev–Trinajstić information content (AvgIpc) is 2.77. The van der Waals surface area contributed by atoms with Crippen molar-refractivity contribution >= 4 is 21.6 Å². The van der Waals surface area contributed by atoms with Gasteiger partial charge in [-0.25, -0.2) is 0 Å². The van der Waals surface area contributed by atoms with Crippen molar-refractivity contribution in [3.8, 4) is 0 Å². The first kappa shape index (κ1) is 11.9. The Morgan fingerprint density at radius 3 is 2.88 bits per heavy atom. The summed E-state index contributed by atoms with van der Waals surface area (Å²) in [6.45, 7) is 2.82. The molecule has 1 saturated heterocycles. The van der Waals surface area contributed by atoms with Gasteiger partial charge in [0.25, 0.3) is 0 Å². The first-order valence-corrected chi connectivity index (χ1v) is 6.38. The van der Waals surface area contributed by atoms with Crippen LogP contribution < -0.4 is 10.6 Å². The van der Waals surface area contributed by atoms with Crippen molar-refractivity contribution in [1.82, 2.24) is 0 Å². The van der Waals surface area contributed by atoms with E-state index in [0.717, 1.165) is 29.5 Å². The molecule has 0 amide bonds. The predicted octanol–water partition coefficient (Wildman–Crippen LogP) is 1.73. The van der Waals surface area contributed by atoms with E-state index in [1.165, 1.54) is 5.69 Å². The lowest BCUT2D eigenvalue weighted by Gasteiger charge is -2.19. The third kappa shape index (κ3) is 2.39. The number of aliphatic hydroxyl groups excluding tert-OH is 1. The molecule has 1 aromatic rings. The molecular formula is C12H17BrN2O. The Balaban J connectivity index is 2.13. The van der Waals surface area contributed by atoms with Gasteiger partial charge in [-0.1, -0.05) is 22.0 Å². The van der Waals surface area contributed by atoms with E-state index >= 15 is 0 Å². The van der Waals surface area contributed by atoms with Gasteiger partial charge in [0.05, 0.1) is 0 Å². The van der Waals surface area contributed by atoms with Crippen molar-refractivity contribution in [2.24, 2.45) is 11.7 Å². The van der Waals surface area contributed by atoms with Gasteiger partial charge in [0, 0.05) is 42.3 Å². The molecule has 2 rings (SSSR count). The zero-order valence-electron chi connectivity index (χ0n) is 9.19. The van der Waals surface area contributed by atoms with E-state index in [0.29, 0.717) is 19.1 Å². The van der Waals surface area contributed by atoms with Crippen LogP contribution in [-0.2, 0) is 6.54 Å². The molecule has 1 aliphatic rings. The van der Waals surface area contributed by atoms with Crippen LogP contribution in [0.1, 0.15) is 12.0 Å². The summed E-state index contributed by atoms with van der Waals surface area (Å²) in [4.78, 5) is 2.31. The molecule has 0 saturated carbocycles. The van der Waals surface area contributed by atoms with Crippen LogP contribution in [0.15, 0.2) is 22.7 Å². The molecule has 88 valence electrons. The molecule has 1 heterocycles. The maximum absolute atomic E-state index is 9.12. The highest BCUT2D eigenvalue weighted by Gasteiger charge is 2.22. The van der Waals surface area contributed by atoms with Crippen molar-refractivity contribution < 1.29 is 5.11 Å². The largest absolute Gasteiger partial charge is 0.396 e. The molecule has 1 fully saturated rings. The van der Waals surface area contributed by atoms with E-state index in [1.54, 1.807) is 0 Å². The lowest BCUT2D eigenvalue weighted by molar-refractivity contribution is 0.238. The Morgan fingerprint density at radius 2 is 2.31 bits per heavy atom. The first-order valence-electron chi connectivity index (χ1n) is 5.59. The molecule has 0 aliphatic carbocycles. The smallest absolute Gasteiger partial charge is 0.0476 e. The molecule has 3 N–H and O–H groups in total. The molecule has 0 radical (unpaired) electrons. The molecule has 1 atom stereocenters. The topological polar surface area (TPSA) is 49.5 Å². The molecule has 1 aliphatic heterocycles. The average molecular weight is 285 g/mol. The van der Waals surface area contributed by atoms with Crippen molar-refractivity contribution in [3.05, 3.63) is 28.2 Å². The quantitative estimate of drug-likeness (QED) is 0.889. The van der Waals surface area contributed by atoms with Crippen LogP contribution in [0.2, 0.25) is 0 Å². The standard InChI is InChI=1S/C12H17BrN2O/c13-12-5-11(2-1-10(12)6-14)15-4-3-9(7-15)8-16/h1-2,5,9,16H,3-4,6-8,14H2. The normalized spacial score (nSPS) is 20.4. The monoisotopic (exact) mass is 284 g/mol. The Kier molecular flexibility index (Phi) is 3.84. The summed E-state index contributed by atoms with van der Waals surface area (Å²) in [5.41, 5.74) is 7.96. The molecule has 3 nitrogen and oxygen atoms in total. The second-order valence-electron chi connectivity index (χ2n) is 4.26. The van der Waals surface area contributed by atoms with Gasteiger partial charge >= 0.3 is 0 Å². The fourth-order valence-corrected chi connectivity index (χ4v) is 2.64. The van der Waals surface area contributed by atoms with Crippen LogP contribution in [0.3, 0.4) is 0 Å². The first-order chi connectivity index (χ1) is 7.74. The third-order valence-corrected chi connectivity index (χ3v) is 3.90. The minimum absolute atomic E-state index is 0.290. The molecule has 0 bridgehead atoms. The highest BCUT2D eigenvalue weighted by atomic mass is 79.9. The fraction of sp³-hybridized carbons (Fsp3) is 0.500. The Labute approximate surface area is 104 Å². The van der Waals surface area contributed by atoms with Crippen LogP contribution in [0.5, 0.6) is 0 Å². The van der Waals surface area contributed by atoms with Gasteiger partial charge in [-0.05, 0) is 24.1 Å². The van der Waals surface area contributed by atoms with Gasteiger partial charge in [0.1, 0.15) is 0 Å². The van der Waals surface area contributed by atoms with Crippen molar-refractivity contribution in [3.63, 3.8) is 0 Å². The van der Waals surface area contributed by atoms with Gasteiger partial charge < -0.3 is 15.7 Å². The Morgan fingerprint density at radius 1 is 1.50 bits per heavy atom. The van der Waals surface area contributed by atoms with E-state index in [1.807, 2.05) is 0 Å². The summed E-state index contributed by atoms with van der Waals surface area (Å²) >= 11 is 3.53. The summed E-state index contributed by atoms with van der Waals surface area (Å²) in [5, 5.41) is 9.12. The number of nitrogens with two attached hydrogens (primary N) is 1. The number of aliphatic hydroxyl groups is 1. The number of halogens is 1. The van der Waals surface area contributed by atoms with E-state index in [2.05, 4.69) is 39.0 Å². The lowest BCUT2D eigenvalue weighted by Crippen LogP contribution is -2.20. The van der Waals surface area contributed by atoms with Crippen LogP contribution in [0.4, 0.5) is 5.69 Å². The number of benzene rings is 1.